The Morgan fingerprint density at radius 3 is 2.05 bits per heavy atom. The molecule has 2 aliphatic rings. The first-order valence-corrected chi connectivity index (χ1v) is 17.6. The molecule has 0 aromatic carbocycles. The molecular weight excluding hydrogens is 628 g/mol. The van der Waals surface area contributed by atoms with E-state index in [1.54, 1.807) is 24.2 Å². The molecule has 0 saturated carbocycles. The lowest BCUT2D eigenvalue weighted by atomic mass is 10.2. The van der Waals surface area contributed by atoms with Crippen molar-refractivity contribution in [2.24, 2.45) is 0 Å². The van der Waals surface area contributed by atoms with E-state index in [0.717, 1.165) is 12.8 Å². The van der Waals surface area contributed by atoms with E-state index >= 15 is 0 Å². The predicted octanol–water partition coefficient (Wildman–Crippen LogP) is 1.32. The molecule has 0 aliphatic carbocycles. The molecular formula is C22H34ClN11O7P2. The van der Waals surface area contributed by atoms with Crippen LogP contribution in [0.5, 0.6) is 0 Å². The van der Waals surface area contributed by atoms with Crippen LogP contribution in [0.4, 0.5) is 11.9 Å². The Kier molecular flexibility index (Phi) is 9.64. The average molecular weight is 662 g/mol. The number of imidazole rings is 2. The van der Waals surface area contributed by atoms with Crippen molar-refractivity contribution in [3.8, 4) is 0 Å². The van der Waals surface area contributed by atoms with E-state index in [2.05, 4.69) is 29.9 Å². The monoisotopic (exact) mass is 661 g/mol. The lowest BCUT2D eigenvalue weighted by molar-refractivity contribution is -0.204. The van der Waals surface area contributed by atoms with Crippen molar-refractivity contribution in [1.82, 2.24) is 45.2 Å². The summed E-state index contributed by atoms with van der Waals surface area (Å²) in [4.78, 5) is 54.2. The zero-order valence-corrected chi connectivity index (χ0v) is 26.2. The van der Waals surface area contributed by atoms with Crippen LogP contribution in [-0.2, 0) is 31.7 Å². The number of nitrogens with two attached hydrogens (primary N) is 2. The number of aromatic amines is 1. The normalized spacial score (nSPS) is 23.6. The van der Waals surface area contributed by atoms with Crippen LogP contribution in [-0.4, -0.2) is 81.2 Å². The number of H-pyrrole nitrogens is 1. The molecule has 4 aromatic heterocycles. The zero-order valence-electron chi connectivity index (χ0n) is 23.7. The van der Waals surface area contributed by atoms with Gasteiger partial charge >= 0.3 is 0 Å². The molecule has 10 N–H and O–H groups in total. The summed E-state index contributed by atoms with van der Waals surface area (Å²) in [5.41, 5.74) is 12.2. The molecule has 4 aromatic rings. The summed E-state index contributed by atoms with van der Waals surface area (Å²) in [5.74, 6) is -1.25. The third-order valence-electron chi connectivity index (χ3n) is 6.96. The van der Waals surface area contributed by atoms with E-state index in [9.17, 15) is 18.8 Å². The number of quaternary nitrogens is 1. The largest absolute Gasteiger partial charge is 0.777 e. The van der Waals surface area contributed by atoms with Crippen molar-refractivity contribution in [2.45, 2.75) is 62.7 Å². The quantitative estimate of drug-likeness (QED) is 0.144. The summed E-state index contributed by atoms with van der Waals surface area (Å²) in [6.45, 7) is 4.38. The molecule has 6 rings (SSSR count). The van der Waals surface area contributed by atoms with E-state index in [4.69, 9.17) is 37.4 Å². The smallest absolute Gasteiger partial charge is 0.280 e. The Bertz CT molecular complexity index is 1770. The van der Waals surface area contributed by atoms with E-state index in [1.807, 2.05) is 4.57 Å². The Morgan fingerprint density at radius 1 is 0.977 bits per heavy atom. The first kappa shape index (κ1) is 33.0. The van der Waals surface area contributed by atoms with E-state index < -0.39 is 32.2 Å². The summed E-state index contributed by atoms with van der Waals surface area (Å²) >= 11 is 6.00. The van der Waals surface area contributed by atoms with Crippen LogP contribution in [0.15, 0.2) is 17.4 Å². The van der Waals surface area contributed by atoms with Gasteiger partial charge in [-0.15, -0.1) is 0 Å². The standard InChI is InChI=1S/C12H17ClN5O2P.C10H14N5O5P.H3N/c1-21(2,19)8-4-3-7(20-8)5-18-6-15-9-10(13)16-12(14)17-11(9)18;11-10-13-8-7(9(16)14-10)12-4-15(8)3-5-1-2-6(20-5)21(17,18)19;/h6-8H,3-5H2,1-2H3,(H2,14,16,17);4-6H,1-3H2,(H2,17,18,19)(H3,11,13,14,16);1H3/t7-,8-;5-,6?;/m11./s1. The van der Waals surface area contributed by atoms with Crippen molar-refractivity contribution in [3.05, 3.63) is 28.2 Å². The van der Waals surface area contributed by atoms with Gasteiger partial charge in [0.2, 0.25) is 11.9 Å². The third kappa shape index (κ3) is 7.41. The van der Waals surface area contributed by atoms with Crippen LogP contribution in [0.3, 0.4) is 0 Å². The van der Waals surface area contributed by atoms with Crippen LogP contribution in [0.2, 0.25) is 5.15 Å². The van der Waals surface area contributed by atoms with Gasteiger partial charge in [-0.25, -0.2) is 9.97 Å². The minimum atomic E-state index is -4.49. The van der Waals surface area contributed by atoms with Gasteiger partial charge in [-0.3, -0.25) is 9.78 Å². The van der Waals surface area contributed by atoms with Crippen LogP contribution in [0.1, 0.15) is 25.7 Å². The number of nitrogens with one attached hydrogen (secondary N) is 1. The number of halogens is 1. The van der Waals surface area contributed by atoms with Gasteiger partial charge in [0.15, 0.2) is 29.6 Å². The second kappa shape index (κ2) is 12.6. The number of ether oxygens (including phenoxy) is 2. The van der Waals surface area contributed by atoms with Crippen molar-refractivity contribution < 1.29 is 28.4 Å². The molecule has 236 valence electrons. The number of nitrogens with zero attached hydrogens (tertiary/aromatic N) is 7. The number of hydrogen-bond donors (Lipinski definition) is 5. The maximum atomic E-state index is 12.1. The molecule has 0 spiro atoms. The number of anilines is 2. The minimum absolute atomic E-state index is 0. The van der Waals surface area contributed by atoms with Gasteiger partial charge in [0.25, 0.3) is 5.56 Å². The highest BCUT2D eigenvalue weighted by Crippen LogP contribution is 2.49. The SMILES string of the molecule is CP(C)(=O)[C@@H]1CC[C@H](Cn2cnc3c(Cl)nc(N)nc32)O1.Nc1nc2c(ncn2C[C@H]2CCC(P(=O)([O-])O)O2)c(=O)[nH]1.[NH4+]. The Balaban J connectivity index is 0.000000192. The number of nitrogen functional groups attached to an aromatic ring is 2. The van der Waals surface area contributed by atoms with Gasteiger partial charge in [-0.2, -0.15) is 15.0 Å². The summed E-state index contributed by atoms with van der Waals surface area (Å²) in [6, 6.07) is 0. The number of fused-ring (bicyclic) bond motifs is 2. The first-order chi connectivity index (χ1) is 19.7. The minimum Gasteiger partial charge on any atom is -0.777 e. The fraction of sp³-hybridized carbons (Fsp3) is 0.545. The van der Waals surface area contributed by atoms with Crippen LogP contribution < -0.4 is 28.1 Å². The Hall–Kier alpha value is -2.95. The van der Waals surface area contributed by atoms with Crippen molar-refractivity contribution in [1.29, 1.82) is 0 Å². The fourth-order valence-corrected chi connectivity index (χ4v) is 7.20. The highest BCUT2D eigenvalue weighted by molar-refractivity contribution is 7.62. The Morgan fingerprint density at radius 2 is 1.51 bits per heavy atom. The lowest BCUT2D eigenvalue weighted by Crippen LogP contribution is -2.21. The molecule has 2 unspecified atom stereocenters. The number of aromatic nitrogens is 8. The summed E-state index contributed by atoms with van der Waals surface area (Å²) in [6.07, 6.45) is 5.03. The molecule has 2 saturated heterocycles. The highest BCUT2D eigenvalue weighted by atomic mass is 35.5. The predicted molar refractivity (Wildman–Crippen MR) is 158 cm³/mol. The van der Waals surface area contributed by atoms with Crippen molar-refractivity contribution in [2.75, 3.05) is 24.8 Å². The van der Waals surface area contributed by atoms with Gasteiger partial charge in [-0.1, -0.05) is 11.6 Å². The maximum absolute atomic E-state index is 12.1. The molecule has 0 radical (unpaired) electrons. The first-order valence-electron chi connectivity index (χ1n) is 12.9. The van der Waals surface area contributed by atoms with Crippen molar-refractivity contribution >= 4 is 60.6 Å². The fourth-order valence-electron chi connectivity index (χ4n) is 4.94. The molecule has 0 bridgehead atoms. The molecule has 18 nitrogen and oxygen atoms in total. The van der Waals surface area contributed by atoms with Crippen LogP contribution in [0, 0.1) is 0 Å². The second-order valence-corrected chi connectivity index (χ2v) is 16.0. The van der Waals surface area contributed by atoms with Crippen LogP contribution >= 0.6 is 26.3 Å². The Labute approximate surface area is 249 Å². The van der Waals surface area contributed by atoms with E-state index in [-0.39, 0.29) is 53.6 Å². The number of rotatable bonds is 6. The molecule has 5 atom stereocenters. The van der Waals surface area contributed by atoms with Gasteiger partial charge in [0, 0.05) is 0 Å². The van der Waals surface area contributed by atoms with Gasteiger partial charge in [0.05, 0.1) is 38.0 Å². The zero-order chi connectivity index (χ0) is 30.4. The van der Waals surface area contributed by atoms with Crippen molar-refractivity contribution in [3.63, 3.8) is 0 Å². The van der Waals surface area contributed by atoms with Gasteiger partial charge < -0.3 is 55.1 Å². The van der Waals surface area contributed by atoms with Gasteiger partial charge in [-0.05, 0) is 39.0 Å². The van der Waals surface area contributed by atoms with Crippen LogP contribution in [0.25, 0.3) is 22.3 Å². The molecule has 6 heterocycles. The molecule has 43 heavy (non-hydrogen) atoms. The average Bonchev–Trinajstić information content (AvgIpc) is 3.67. The second-order valence-electron chi connectivity index (χ2n) is 10.5. The molecule has 2 fully saturated rings. The van der Waals surface area contributed by atoms with E-state index in [0.29, 0.717) is 29.8 Å². The topological polar surface area (TPSA) is 292 Å². The van der Waals surface area contributed by atoms with Gasteiger partial charge in [0.1, 0.15) is 24.3 Å². The summed E-state index contributed by atoms with van der Waals surface area (Å²) in [7, 11) is -6.71. The summed E-state index contributed by atoms with van der Waals surface area (Å²) in [5, 5.41) is 0.244. The molecule has 2 aliphatic heterocycles. The molecule has 21 heteroatoms. The highest BCUT2D eigenvalue weighted by Gasteiger charge is 2.34. The lowest BCUT2D eigenvalue weighted by Gasteiger charge is -2.23. The third-order valence-corrected chi connectivity index (χ3v) is 10.1. The van der Waals surface area contributed by atoms with E-state index in [1.165, 1.54) is 6.33 Å². The number of hydrogen-bond acceptors (Lipinski definition) is 13. The maximum Gasteiger partial charge on any atom is 0.280 e. The molecule has 0 amide bonds. The summed E-state index contributed by atoms with van der Waals surface area (Å²) < 4.78 is 37.7.